The van der Waals surface area contributed by atoms with E-state index in [1.807, 2.05) is 25.2 Å². The number of likely N-dealkylation sites (N-methyl/N-ethyl adjacent to an activating group) is 1. The number of nitrogens with one attached hydrogen (secondary N) is 1. The summed E-state index contributed by atoms with van der Waals surface area (Å²) in [7, 11) is 1.93. The van der Waals surface area contributed by atoms with Crippen LogP contribution in [0.15, 0.2) is 39.3 Å². The second-order valence-electron chi connectivity index (χ2n) is 5.98. The molecular formula is C18H21BrN4O. The van der Waals surface area contributed by atoms with Gasteiger partial charge in [-0.05, 0) is 61.9 Å². The fraction of sp³-hybridized carbons (Fsp3) is 0.333. The number of hydrogen-bond donors (Lipinski definition) is 1. The van der Waals surface area contributed by atoms with Gasteiger partial charge in [-0.15, -0.1) is 0 Å². The van der Waals surface area contributed by atoms with Crippen LogP contribution in [0.3, 0.4) is 0 Å². The SMILES string of the molecule is CNC(C)Cc1noc(-c2cc(C)n(-c3ccccc3Br)c2C)n1. The molecule has 2 aromatic heterocycles. The van der Waals surface area contributed by atoms with Gasteiger partial charge in [-0.25, -0.2) is 0 Å². The quantitative estimate of drug-likeness (QED) is 0.715. The van der Waals surface area contributed by atoms with Crippen molar-refractivity contribution in [2.24, 2.45) is 0 Å². The van der Waals surface area contributed by atoms with Crippen molar-refractivity contribution >= 4 is 15.9 Å². The van der Waals surface area contributed by atoms with Crippen molar-refractivity contribution in [3.63, 3.8) is 0 Å². The van der Waals surface area contributed by atoms with E-state index in [1.54, 1.807) is 0 Å². The van der Waals surface area contributed by atoms with Crippen LogP contribution in [0.1, 0.15) is 24.1 Å². The van der Waals surface area contributed by atoms with Gasteiger partial charge in [0.1, 0.15) is 0 Å². The molecule has 1 aromatic carbocycles. The minimum absolute atomic E-state index is 0.308. The number of para-hydroxylation sites is 1. The minimum atomic E-state index is 0.308. The molecular weight excluding hydrogens is 368 g/mol. The van der Waals surface area contributed by atoms with E-state index in [0.717, 1.165) is 39.4 Å². The smallest absolute Gasteiger partial charge is 0.259 e. The Morgan fingerprint density at radius 1 is 1.29 bits per heavy atom. The molecule has 0 aliphatic heterocycles. The monoisotopic (exact) mass is 388 g/mol. The van der Waals surface area contributed by atoms with Crippen LogP contribution in [-0.2, 0) is 6.42 Å². The summed E-state index contributed by atoms with van der Waals surface area (Å²) in [6, 6.07) is 10.6. The largest absolute Gasteiger partial charge is 0.334 e. The predicted molar refractivity (Wildman–Crippen MR) is 98.5 cm³/mol. The molecule has 0 fully saturated rings. The van der Waals surface area contributed by atoms with Gasteiger partial charge in [0.2, 0.25) is 0 Å². The van der Waals surface area contributed by atoms with Crippen molar-refractivity contribution in [3.05, 3.63) is 52.0 Å². The van der Waals surface area contributed by atoms with E-state index in [-0.39, 0.29) is 0 Å². The van der Waals surface area contributed by atoms with Crippen molar-refractivity contribution < 1.29 is 4.52 Å². The highest BCUT2D eigenvalue weighted by Gasteiger charge is 2.19. The molecule has 0 saturated heterocycles. The second-order valence-corrected chi connectivity index (χ2v) is 6.84. The van der Waals surface area contributed by atoms with E-state index in [1.165, 1.54) is 0 Å². The van der Waals surface area contributed by atoms with Gasteiger partial charge in [0.25, 0.3) is 5.89 Å². The number of nitrogens with zero attached hydrogens (tertiary/aromatic N) is 3. The third-order valence-corrected chi connectivity index (χ3v) is 4.88. The van der Waals surface area contributed by atoms with Gasteiger partial charge < -0.3 is 14.4 Å². The molecule has 0 radical (unpaired) electrons. The van der Waals surface area contributed by atoms with E-state index in [2.05, 4.69) is 68.9 Å². The molecule has 0 aliphatic rings. The Kier molecular flexibility index (Phi) is 4.87. The number of hydrogen-bond acceptors (Lipinski definition) is 4. The summed E-state index contributed by atoms with van der Waals surface area (Å²) in [6.45, 7) is 6.24. The van der Waals surface area contributed by atoms with Crippen LogP contribution in [-0.4, -0.2) is 27.8 Å². The summed E-state index contributed by atoms with van der Waals surface area (Å²) in [6.07, 6.45) is 0.739. The lowest BCUT2D eigenvalue weighted by molar-refractivity contribution is 0.418. The lowest BCUT2D eigenvalue weighted by Gasteiger charge is -2.11. The highest BCUT2D eigenvalue weighted by molar-refractivity contribution is 9.10. The van der Waals surface area contributed by atoms with E-state index in [0.29, 0.717) is 11.9 Å². The van der Waals surface area contributed by atoms with Gasteiger partial charge in [0.15, 0.2) is 5.82 Å². The standard InChI is InChI=1S/C18H21BrN4O/c1-11(20-4)9-17-21-18(24-22-17)14-10-12(2)23(13(14)3)16-8-6-5-7-15(16)19/h5-8,10-11,20H,9H2,1-4H3. The average molecular weight is 389 g/mol. The fourth-order valence-corrected chi connectivity index (χ4v) is 3.27. The van der Waals surface area contributed by atoms with E-state index in [9.17, 15) is 0 Å². The Morgan fingerprint density at radius 2 is 2.04 bits per heavy atom. The zero-order chi connectivity index (χ0) is 17.3. The third kappa shape index (κ3) is 3.16. The Bertz CT molecular complexity index is 853. The van der Waals surface area contributed by atoms with Crippen LogP contribution in [0, 0.1) is 13.8 Å². The van der Waals surface area contributed by atoms with E-state index < -0.39 is 0 Å². The molecule has 24 heavy (non-hydrogen) atoms. The lowest BCUT2D eigenvalue weighted by Crippen LogP contribution is -2.24. The Morgan fingerprint density at radius 3 is 2.75 bits per heavy atom. The molecule has 0 amide bonds. The molecule has 0 bridgehead atoms. The molecule has 126 valence electrons. The normalized spacial score (nSPS) is 12.5. The van der Waals surface area contributed by atoms with E-state index in [4.69, 9.17) is 4.52 Å². The number of aryl methyl sites for hydroxylation is 1. The molecule has 3 aromatic rings. The molecule has 0 spiro atoms. The van der Waals surface area contributed by atoms with Crippen molar-refractivity contribution in [3.8, 4) is 17.1 Å². The maximum absolute atomic E-state index is 5.50. The van der Waals surface area contributed by atoms with Crippen molar-refractivity contribution in [2.45, 2.75) is 33.2 Å². The number of halogens is 1. The Balaban J connectivity index is 1.99. The molecule has 1 unspecified atom stereocenters. The first-order chi connectivity index (χ1) is 11.5. The zero-order valence-electron chi connectivity index (χ0n) is 14.3. The summed E-state index contributed by atoms with van der Waals surface area (Å²) >= 11 is 3.63. The molecule has 3 rings (SSSR count). The Labute approximate surface area is 150 Å². The highest BCUT2D eigenvalue weighted by atomic mass is 79.9. The van der Waals surface area contributed by atoms with Crippen LogP contribution < -0.4 is 5.32 Å². The van der Waals surface area contributed by atoms with Gasteiger partial charge in [0, 0.05) is 28.3 Å². The van der Waals surface area contributed by atoms with Crippen LogP contribution in [0.4, 0.5) is 0 Å². The summed E-state index contributed by atoms with van der Waals surface area (Å²) < 4.78 is 8.74. The maximum Gasteiger partial charge on any atom is 0.259 e. The van der Waals surface area contributed by atoms with Crippen molar-refractivity contribution in [2.75, 3.05) is 7.05 Å². The fourth-order valence-electron chi connectivity index (χ4n) is 2.81. The summed E-state index contributed by atoms with van der Waals surface area (Å²) in [4.78, 5) is 4.56. The van der Waals surface area contributed by atoms with Gasteiger partial charge in [-0.1, -0.05) is 17.3 Å². The van der Waals surface area contributed by atoms with Crippen molar-refractivity contribution in [1.29, 1.82) is 0 Å². The van der Waals surface area contributed by atoms with Gasteiger partial charge in [-0.3, -0.25) is 0 Å². The first-order valence-electron chi connectivity index (χ1n) is 7.95. The average Bonchev–Trinajstić information content (AvgIpc) is 3.13. The molecule has 6 heteroatoms. The van der Waals surface area contributed by atoms with Gasteiger partial charge in [0.05, 0.1) is 11.3 Å². The molecule has 5 nitrogen and oxygen atoms in total. The Hall–Kier alpha value is -1.92. The number of benzene rings is 1. The minimum Gasteiger partial charge on any atom is -0.334 e. The zero-order valence-corrected chi connectivity index (χ0v) is 15.9. The molecule has 1 N–H and O–H groups in total. The first-order valence-corrected chi connectivity index (χ1v) is 8.74. The predicted octanol–water partition coefficient (Wildman–Crippen LogP) is 4.06. The van der Waals surface area contributed by atoms with Crippen LogP contribution in [0.2, 0.25) is 0 Å². The van der Waals surface area contributed by atoms with Crippen molar-refractivity contribution in [1.82, 2.24) is 20.0 Å². The molecule has 0 aliphatic carbocycles. The molecule has 0 saturated carbocycles. The molecule has 2 heterocycles. The summed E-state index contributed by atoms with van der Waals surface area (Å²) in [5, 5.41) is 7.29. The third-order valence-electron chi connectivity index (χ3n) is 4.20. The second kappa shape index (κ2) is 6.91. The van der Waals surface area contributed by atoms with Crippen LogP contribution in [0.5, 0.6) is 0 Å². The molecule has 1 atom stereocenters. The van der Waals surface area contributed by atoms with Gasteiger partial charge in [-0.2, -0.15) is 4.98 Å². The topological polar surface area (TPSA) is 55.9 Å². The van der Waals surface area contributed by atoms with Gasteiger partial charge >= 0.3 is 0 Å². The summed E-state index contributed by atoms with van der Waals surface area (Å²) in [5.74, 6) is 1.29. The van der Waals surface area contributed by atoms with Crippen LogP contribution in [0.25, 0.3) is 17.1 Å². The van der Waals surface area contributed by atoms with E-state index >= 15 is 0 Å². The maximum atomic E-state index is 5.50. The highest BCUT2D eigenvalue weighted by Crippen LogP contribution is 2.31. The summed E-state index contributed by atoms with van der Waals surface area (Å²) in [5.41, 5.74) is 4.27. The number of aromatic nitrogens is 3. The first kappa shape index (κ1) is 16.9. The van der Waals surface area contributed by atoms with Crippen LogP contribution >= 0.6 is 15.9 Å². The lowest BCUT2D eigenvalue weighted by atomic mass is 10.2. The number of rotatable bonds is 5.